The lowest BCUT2D eigenvalue weighted by atomic mass is 10.0. The molecule has 0 radical (unpaired) electrons. The summed E-state index contributed by atoms with van der Waals surface area (Å²) >= 11 is 0. The van der Waals surface area contributed by atoms with Crippen LogP contribution in [0.25, 0.3) is 11.4 Å². The standard InChI is InChI=1S/C32H34F3N7O3/c1-21-10-12-23(13-11-21)30-37-39-41(38-30)20-28(43)42(27-9-5-4-8-26(27)32(33,34)35)29(22-14-16-24(17-15-22)40(2)3)31(44)36-19-25-7-6-18-45-25/h4-5,8-17,25,29H,6-7,18-20H2,1-3H3,(H,36,44)/t25-,29-/m1/s1. The van der Waals surface area contributed by atoms with Crippen LogP contribution in [0, 0.1) is 6.92 Å². The Morgan fingerprint density at radius 3 is 2.40 bits per heavy atom. The van der Waals surface area contributed by atoms with Gasteiger partial charge in [0.05, 0.1) is 17.4 Å². The highest BCUT2D eigenvalue weighted by Gasteiger charge is 2.40. The van der Waals surface area contributed by atoms with Gasteiger partial charge in [-0.2, -0.15) is 18.0 Å². The van der Waals surface area contributed by atoms with Gasteiger partial charge in [-0.15, -0.1) is 10.2 Å². The van der Waals surface area contributed by atoms with Crippen molar-refractivity contribution in [3.63, 3.8) is 0 Å². The van der Waals surface area contributed by atoms with E-state index in [9.17, 15) is 22.8 Å². The predicted molar refractivity (Wildman–Crippen MR) is 162 cm³/mol. The molecule has 13 heteroatoms. The Kier molecular flexibility index (Phi) is 9.47. The summed E-state index contributed by atoms with van der Waals surface area (Å²) < 4.78 is 48.8. The first-order valence-electron chi connectivity index (χ1n) is 14.5. The Morgan fingerprint density at radius 1 is 1.04 bits per heavy atom. The average Bonchev–Trinajstić information content (AvgIpc) is 3.71. The molecule has 45 heavy (non-hydrogen) atoms. The van der Waals surface area contributed by atoms with Crippen LogP contribution in [0.15, 0.2) is 72.8 Å². The number of tetrazole rings is 1. The van der Waals surface area contributed by atoms with Crippen LogP contribution in [0.4, 0.5) is 24.5 Å². The first-order valence-corrected chi connectivity index (χ1v) is 14.5. The Balaban J connectivity index is 1.56. The molecule has 1 aliphatic rings. The van der Waals surface area contributed by atoms with Gasteiger partial charge in [0, 0.05) is 38.5 Å². The lowest BCUT2D eigenvalue weighted by Crippen LogP contribution is -2.47. The molecule has 236 valence electrons. The quantitative estimate of drug-likeness (QED) is 0.271. The van der Waals surface area contributed by atoms with Gasteiger partial charge in [0.2, 0.25) is 11.7 Å². The molecular formula is C32H34F3N7O3. The molecule has 0 spiro atoms. The maximum absolute atomic E-state index is 14.4. The number of ether oxygens (including phenoxy) is 1. The number of rotatable bonds is 10. The van der Waals surface area contributed by atoms with E-state index in [4.69, 9.17) is 4.74 Å². The van der Waals surface area contributed by atoms with Crippen molar-refractivity contribution >= 4 is 23.2 Å². The van der Waals surface area contributed by atoms with Crippen LogP contribution < -0.4 is 15.1 Å². The molecule has 0 aliphatic carbocycles. The Morgan fingerprint density at radius 2 is 1.76 bits per heavy atom. The van der Waals surface area contributed by atoms with Crippen molar-refractivity contribution in [3.8, 4) is 11.4 Å². The van der Waals surface area contributed by atoms with Crippen molar-refractivity contribution in [2.45, 2.75) is 44.6 Å². The van der Waals surface area contributed by atoms with Crippen LogP contribution in [0.2, 0.25) is 0 Å². The molecule has 1 aliphatic heterocycles. The lowest BCUT2D eigenvalue weighted by molar-refractivity contribution is -0.137. The van der Waals surface area contributed by atoms with Gasteiger partial charge in [-0.25, -0.2) is 0 Å². The summed E-state index contributed by atoms with van der Waals surface area (Å²) in [4.78, 5) is 31.9. The van der Waals surface area contributed by atoms with Crippen molar-refractivity contribution in [2.75, 3.05) is 37.0 Å². The lowest BCUT2D eigenvalue weighted by Gasteiger charge is -2.33. The number of halogens is 3. The summed E-state index contributed by atoms with van der Waals surface area (Å²) in [6.45, 7) is 2.07. The van der Waals surface area contributed by atoms with E-state index < -0.39 is 41.8 Å². The summed E-state index contributed by atoms with van der Waals surface area (Å²) in [7, 11) is 3.68. The molecule has 1 fully saturated rings. The molecule has 3 aromatic carbocycles. The molecule has 10 nitrogen and oxygen atoms in total. The molecule has 4 aromatic rings. The molecule has 2 amide bonds. The maximum Gasteiger partial charge on any atom is 0.418 e. The van der Waals surface area contributed by atoms with E-state index in [1.54, 1.807) is 36.4 Å². The summed E-state index contributed by atoms with van der Waals surface area (Å²) in [6, 6.07) is 17.3. The topological polar surface area (TPSA) is 105 Å². The number of hydrogen-bond acceptors (Lipinski definition) is 7. The molecule has 0 unspecified atom stereocenters. The molecule has 0 saturated carbocycles. The van der Waals surface area contributed by atoms with E-state index in [1.807, 2.05) is 38.1 Å². The number of amides is 2. The normalized spacial score (nSPS) is 15.5. The van der Waals surface area contributed by atoms with Gasteiger partial charge in [0.15, 0.2) is 0 Å². The zero-order valence-electron chi connectivity index (χ0n) is 25.2. The van der Waals surface area contributed by atoms with E-state index in [-0.39, 0.29) is 18.5 Å². The van der Waals surface area contributed by atoms with Gasteiger partial charge < -0.3 is 15.0 Å². The van der Waals surface area contributed by atoms with Crippen molar-refractivity contribution in [3.05, 3.63) is 89.5 Å². The fourth-order valence-electron chi connectivity index (χ4n) is 5.16. The zero-order chi connectivity index (χ0) is 32.1. The van der Waals surface area contributed by atoms with Gasteiger partial charge in [-0.3, -0.25) is 14.5 Å². The van der Waals surface area contributed by atoms with Gasteiger partial charge in [-0.1, -0.05) is 54.1 Å². The number of anilines is 2. The second-order valence-corrected chi connectivity index (χ2v) is 11.1. The second kappa shape index (κ2) is 13.5. The zero-order valence-corrected chi connectivity index (χ0v) is 25.2. The minimum absolute atomic E-state index is 0.151. The smallest absolute Gasteiger partial charge is 0.378 e. The molecular weight excluding hydrogens is 587 g/mol. The number of nitrogens with one attached hydrogen (secondary N) is 1. The highest BCUT2D eigenvalue weighted by molar-refractivity contribution is 6.02. The fourth-order valence-corrected chi connectivity index (χ4v) is 5.16. The number of aryl methyl sites for hydroxylation is 1. The van der Waals surface area contributed by atoms with Gasteiger partial charge >= 0.3 is 6.18 Å². The van der Waals surface area contributed by atoms with Crippen molar-refractivity contribution < 1.29 is 27.5 Å². The summed E-state index contributed by atoms with van der Waals surface area (Å²) in [5.41, 5.74) is 1.28. The summed E-state index contributed by atoms with van der Waals surface area (Å²) in [5.74, 6) is -1.25. The highest BCUT2D eigenvalue weighted by atomic mass is 19.4. The number of para-hydroxylation sites is 1. The first kappa shape index (κ1) is 31.6. The van der Waals surface area contributed by atoms with Crippen LogP contribution in [0.5, 0.6) is 0 Å². The number of nitrogens with zero attached hydrogens (tertiary/aromatic N) is 6. The van der Waals surface area contributed by atoms with Crippen LogP contribution in [0.1, 0.15) is 35.6 Å². The average molecular weight is 622 g/mol. The third kappa shape index (κ3) is 7.48. The molecule has 1 aromatic heterocycles. The third-order valence-electron chi connectivity index (χ3n) is 7.54. The third-order valence-corrected chi connectivity index (χ3v) is 7.54. The number of benzene rings is 3. The van der Waals surface area contributed by atoms with Crippen LogP contribution in [-0.2, 0) is 27.0 Å². The molecule has 0 bridgehead atoms. The van der Waals surface area contributed by atoms with E-state index in [2.05, 4.69) is 20.7 Å². The van der Waals surface area contributed by atoms with Gasteiger partial charge in [-0.05, 0) is 54.8 Å². The Bertz CT molecular complexity index is 1620. The number of carbonyl (C=O) groups is 2. The Hall–Kier alpha value is -4.78. The molecule has 1 N–H and O–H groups in total. The van der Waals surface area contributed by atoms with Crippen LogP contribution in [-0.4, -0.2) is 65.4 Å². The SMILES string of the molecule is Cc1ccc(-c2nnn(CC(=O)N(c3ccccc3C(F)(F)F)[C@@H](C(=O)NC[C@H]3CCCO3)c3ccc(N(C)C)cc3)n2)cc1. The molecule has 1 saturated heterocycles. The fraction of sp³-hybridized carbons (Fsp3) is 0.344. The van der Waals surface area contributed by atoms with Gasteiger partial charge in [0.1, 0.15) is 12.6 Å². The van der Waals surface area contributed by atoms with Crippen molar-refractivity contribution in [1.29, 1.82) is 0 Å². The number of aromatic nitrogens is 4. The predicted octanol–water partition coefficient (Wildman–Crippen LogP) is 4.80. The van der Waals surface area contributed by atoms with Crippen LogP contribution in [0.3, 0.4) is 0 Å². The van der Waals surface area contributed by atoms with Gasteiger partial charge in [0.25, 0.3) is 5.91 Å². The van der Waals surface area contributed by atoms with E-state index in [0.717, 1.165) is 39.9 Å². The van der Waals surface area contributed by atoms with Crippen molar-refractivity contribution in [2.24, 2.45) is 0 Å². The summed E-state index contributed by atoms with van der Waals surface area (Å²) in [6.07, 6.45) is -3.46. The van der Waals surface area contributed by atoms with Crippen LogP contribution >= 0.6 is 0 Å². The minimum Gasteiger partial charge on any atom is -0.378 e. The van der Waals surface area contributed by atoms with E-state index >= 15 is 0 Å². The van der Waals surface area contributed by atoms with Crippen molar-refractivity contribution in [1.82, 2.24) is 25.5 Å². The van der Waals surface area contributed by atoms with E-state index in [0.29, 0.717) is 17.7 Å². The molecule has 2 atom stereocenters. The highest BCUT2D eigenvalue weighted by Crippen LogP contribution is 2.40. The maximum atomic E-state index is 14.4. The second-order valence-electron chi connectivity index (χ2n) is 11.1. The Labute approximate surface area is 258 Å². The number of carbonyl (C=O) groups excluding carboxylic acids is 2. The largest absolute Gasteiger partial charge is 0.418 e. The first-order chi connectivity index (χ1) is 21.5. The van der Waals surface area contributed by atoms with E-state index in [1.165, 1.54) is 18.2 Å². The molecule has 2 heterocycles. The monoisotopic (exact) mass is 621 g/mol. The number of alkyl halides is 3. The minimum atomic E-state index is -4.81. The number of hydrogen-bond donors (Lipinski definition) is 1. The molecule has 5 rings (SSSR count). The summed E-state index contributed by atoms with van der Waals surface area (Å²) in [5, 5.41) is 15.1.